The van der Waals surface area contributed by atoms with Crippen LogP contribution in [0.25, 0.3) is 28.7 Å². The van der Waals surface area contributed by atoms with Gasteiger partial charge in [-0.25, -0.2) is 13.6 Å². The van der Waals surface area contributed by atoms with Crippen molar-refractivity contribution in [2.75, 3.05) is 6.61 Å². The molecule has 0 saturated carbocycles. The van der Waals surface area contributed by atoms with Gasteiger partial charge in [0, 0.05) is 31.2 Å². The van der Waals surface area contributed by atoms with Crippen molar-refractivity contribution in [1.29, 1.82) is 0 Å². The van der Waals surface area contributed by atoms with E-state index in [1.807, 2.05) is 55.1 Å². The SMILES string of the molecule is CCCCC(CC)COC(=O)c1c(F)c2c(C)c(c1F)-c1cc(C(C)(C)C)cc[n+]1[C@H](C)/C(Cl)=C/[n+]1ccc(C(C)(C)C)cc1-2. The highest BCUT2D eigenvalue weighted by atomic mass is 35.5. The second-order valence-corrected chi connectivity index (χ2v) is 14.9. The summed E-state index contributed by atoms with van der Waals surface area (Å²) in [7, 11) is 0. The fourth-order valence-corrected chi connectivity index (χ4v) is 6.14. The van der Waals surface area contributed by atoms with Crippen LogP contribution in [0.2, 0.25) is 0 Å². The van der Waals surface area contributed by atoms with Crippen LogP contribution in [0.15, 0.2) is 41.7 Å². The number of unbranched alkanes of at least 4 members (excludes halogenated alkanes) is 1. The number of fused-ring (bicyclic) bond motifs is 6. The van der Waals surface area contributed by atoms with Crippen LogP contribution in [0.3, 0.4) is 0 Å². The predicted molar refractivity (Wildman–Crippen MR) is 178 cm³/mol. The average Bonchev–Trinajstić information content (AvgIpc) is 2.96. The van der Waals surface area contributed by atoms with E-state index in [4.69, 9.17) is 16.3 Å². The Kier molecular flexibility index (Phi) is 10.3. The Labute approximate surface area is 273 Å². The van der Waals surface area contributed by atoms with Gasteiger partial charge < -0.3 is 4.74 Å². The van der Waals surface area contributed by atoms with Crippen molar-refractivity contribution in [3.63, 3.8) is 0 Å². The van der Waals surface area contributed by atoms with Crippen molar-refractivity contribution < 1.29 is 27.4 Å². The normalized spacial score (nSPS) is 16.7. The highest BCUT2D eigenvalue weighted by Gasteiger charge is 2.38. The molecule has 2 bridgehead atoms. The Morgan fingerprint density at radius 2 is 1.51 bits per heavy atom. The number of nitrogens with zero attached hydrogens (tertiary/aromatic N) is 2. The molecule has 1 aliphatic rings. The first-order valence-corrected chi connectivity index (χ1v) is 16.6. The van der Waals surface area contributed by atoms with Gasteiger partial charge in [-0.15, -0.1) is 0 Å². The van der Waals surface area contributed by atoms with E-state index >= 15 is 8.78 Å². The summed E-state index contributed by atoms with van der Waals surface area (Å²) in [6.45, 7) is 20.4. The fourth-order valence-electron chi connectivity index (χ4n) is 5.93. The van der Waals surface area contributed by atoms with Gasteiger partial charge in [-0.1, -0.05) is 86.3 Å². The van der Waals surface area contributed by atoms with Gasteiger partial charge in [-0.2, -0.15) is 9.13 Å². The Hall–Kier alpha value is -3.12. The molecule has 2 atom stereocenters. The Morgan fingerprint density at radius 3 is 2.07 bits per heavy atom. The minimum atomic E-state index is -0.988. The van der Waals surface area contributed by atoms with Crippen molar-refractivity contribution in [1.82, 2.24) is 0 Å². The quantitative estimate of drug-likeness (QED) is 0.191. The molecule has 45 heavy (non-hydrogen) atoms. The van der Waals surface area contributed by atoms with Gasteiger partial charge >= 0.3 is 5.97 Å². The molecule has 242 valence electrons. The number of hydrogen-bond acceptors (Lipinski definition) is 2. The van der Waals surface area contributed by atoms with Crippen LogP contribution in [0.4, 0.5) is 8.78 Å². The number of carbonyl (C=O) groups excluding carboxylic acids is 1. The number of carbonyl (C=O) groups is 1. The Morgan fingerprint density at radius 1 is 0.956 bits per heavy atom. The Bertz CT molecular complexity index is 1630. The van der Waals surface area contributed by atoms with Gasteiger partial charge in [0.25, 0.3) is 0 Å². The van der Waals surface area contributed by atoms with Crippen molar-refractivity contribution in [3.8, 4) is 22.5 Å². The number of allylic oxidation sites excluding steroid dienone is 1. The lowest BCUT2D eigenvalue weighted by atomic mass is 9.84. The average molecular weight is 639 g/mol. The zero-order valence-corrected chi connectivity index (χ0v) is 29.3. The van der Waals surface area contributed by atoms with E-state index < -0.39 is 23.2 Å². The van der Waals surface area contributed by atoms with Crippen molar-refractivity contribution in [2.24, 2.45) is 5.92 Å². The molecule has 7 heteroatoms. The van der Waals surface area contributed by atoms with Crippen LogP contribution in [0.1, 0.15) is 121 Å². The second kappa shape index (κ2) is 13.3. The van der Waals surface area contributed by atoms with Crippen LogP contribution in [0.5, 0.6) is 0 Å². The predicted octanol–water partition coefficient (Wildman–Crippen LogP) is 9.76. The molecule has 4 rings (SSSR count). The van der Waals surface area contributed by atoms with Gasteiger partial charge in [-0.3, -0.25) is 0 Å². The molecule has 0 fully saturated rings. The number of pyridine rings is 2. The Balaban J connectivity index is 2.11. The van der Waals surface area contributed by atoms with Gasteiger partial charge in [-0.05, 0) is 46.8 Å². The highest BCUT2D eigenvalue weighted by molar-refractivity contribution is 6.31. The molecule has 1 aromatic carbocycles. The minimum Gasteiger partial charge on any atom is -0.462 e. The van der Waals surface area contributed by atoms with Crippen LogP contribution in [-0.4, -0.2) is 12.6 Å². The molecule has 0 radical (unpaired) electrons. The minimum absolute atomic E-state index is 0.112. The largest absolute Gasteiger partial charge is 0.462 e. The molecule has 2 aromatic heterocycles. The maximum absolute atomic E-state index is 17.0. The standard InChI is InChI=1S/C38H49ClF2N2O2/c1-11-13-14-25(12-2)22-45-36(44)33-34(40)31-23(3)32(35(33)41)30-20-27(38(8,9)10)16-18-43(30)24(4)28(39)21-42-17-15-26(19-29(31)42)37(5,6)7/h15-21,24-25H,11-14,22H2,1-10H3/q+2/b28-21-/t24-,25?/m1/s1. The topological polar surface area (TPSA) is 34.1 Å². The molecule has 1 aliphatic heterocycles. The third kappa shape index (κ3) is 7.01. The monoisotopic (exact) mass is 638 g/mol. The first-order chi connectivity index (χ1) is 21.0. The third-order valence-electron chi connectivity index (χ3n) is 9.12. The summed E-state index contributed by atoms with van der Waals surface area (Å²) in [5.74, 6) is -2.72. The van der Waals surface area contributed by atoms with Gasteiger partial charge in [0.15, 0.2) is 36.3 Å². The molecule has 0 spiro atoms. The number of aromatic nitrogens is 2. The maximum atomic E-state index is 17.0. The third-order valence-corrected chi connectivity index (χ3v) is 9.53. The number of benzene rings is 1. The van der Waals surface area contributed by atoms with E-state index in [0.717, 1.165) is 36.8 Å². The molecule has 0 N–H and O–H groups in total. The van der Waals surface area contributed by atoms with E-state index in [1.165, 1.54) is 0 Å². The van der Waals surface area contributed by atoms with E-state index in [9.17, 15) is 4.79 Å². The van der Waals surface area contributed by atoms with E-state index in [0.29, 0.717) is 22.0 Å². The number of rotatable bonds is 7. The molecule has 1 unspecified atom stereocenters. The molecular formula is C38H49ClF2N2O2+2. The van der Waals surface area contributed by atoms with E-state index in [1.54, 1.807) is 17.7 Å². The summed E-state index contributed by atoms with van der Waals surface area (Å²) in [5.41, 5.74) is 2.46. The van der Waals surface area contributed by atoms with E-state index in [2.05, 4.69) is 48.5 Å². The summed E-state index contributed by atoms with van der Waals surface area (Å²) < 4.78 is 43.3. The van der Waals surface area contributed by atoms with Crippen LogP contribution in [0, 0.1) is 24.5 Å². The first-order valence-electron chi connectivity index (χ1n) is 16.2. The van der Waals surface area contributed by atoms with Crippen LogP contribution in [-0.2, 0) is 15.6 Å². The number of hydrogen-bond donors (Lipinski definition) is 0. The van der Waals surface area contributed by atoms with Gasteiger partial charge in [0.05, 0.1) is 17.7 Å². The molecule has 3 aromatic rings. The number of esters is 1. The lowest BCUT2D eigenvalue weighted by molar-refractivity contribution is -0.700. The summed E-state index contributed by atoms with van der Waals surface area (Å²) in [4.78, 5) is 13.7. The molecule has 0 aliphatic carbocycles. The number of ether oxygens (including phenoxy) is 1. The zero-order valence-electron chi connectivity index (χ0n) is 28.6. The highest BCUT2D eigenvalue weighted by Crippen LogP contribution is 2.40. The maximum Gasteiger partial charge on any atom is 0.344 e. The van der Waals surface area contributed by atoms with Gasteiger partial charge in [0.1, 0.15) is 10.6 Å². The van der Waals surface area contributed by atoms with Crippen molar-refractivity contribution in [2.45, 2.75) is 112 Å². The molecular weight excluding hydrogens is 590 g/mol. The number of halogens is 3. The summed E-state index contributed by atoms with van der Waals surface area (Å²) in [6.07, 6.45) is 9.24. The fraction of sp³-hybridized carbons (Fsp3) is 0.500. The zero-order chi connectivity index (χ0) is 33.4. The van der Waals surface area contributed by atoms with Crippen molar-refractivity contribution >= 4 is 23.8 Å². The van der Waals surface area contributed by atoms with E-state index in [-0.39, 0.29) is 40.5 Å². The van der Waals surface area contributed by atoms with Crippen LogP contribution >= 0.6 is 11.6 Å². The second-order valence-electron chi connectivity index (χ2n) is 14.5. The molecule has 4 nitrogen and oxygen atoms in total. The van der Waals surface area contributed by atoms with Gasteiger partial charge in [0.2, 0.25) is 11.4 Å². The lowest BCUT2D eigenvalue weighted by Crippen LogP contribution is -2.43. The van der Waals surface area contributed by atoms with Crippen molar-refractivity contribution in [3.05, 3.63) is 75.6 Å². The summed E-state index contributed by atoms with van der Waals surface area (Å²) in [6, 6.07) is 7.43. The summed E-state index contributed by atoms with van der Waals surface area (Å²) >= 11 is 6.96. The smallest absolute Gasteiger partial charge is 0.344 e. The molecule has 3 heterocycles. The summed E-state index contributed by atoms with van der Waals surface area (Å²) in [5, 5.41) is 0.487. The first kappa shape index (κ1) is 34.7. The molecule has 0 saturated heterocycles. The van der Waals surface area contributed by atoms with Crippen LogP contribution < -0.4 is 9.13 Å². The molecule has 0 amide bonds. The lowest BCUT2D eigenvalue weighted by Gasteiger charge is -2.23.